The fourth-order valence-corrected chi connectivity index (χ4v) is 5.46. The van der Waals surface area contributed by atoms with Gasteiger partial charge >= 0.3 is 19.3 Å². The van der Waals surface area contributed by atoms with Gasteiger partial charge in [-0.25, -0.2) is 9.59 Å². The van der Waals surface area contributed by atoms with E-state index >= 15 is 0 Å². The summed E-state index contributed by atoms with van der Waals surface area (Å²) in [7, 11) is -1.69. The molecule has 0 atom stereocenters. The van der Waals surface area contributed by atoms with Gasteiger partial charge in [0.05, 0.1) is 0 Å². The number of benzene rings is 3. The van der Waals surface area contributed by atoms with Crippen LogP contribution >= 0.6 is 0 Å². The summed E-state index contributed by atoms with van der Waals surface area (Å²) in [6.07, 6.45) is -0.939. The molecule has 0 bridgehead atoms. The van der Waals surface area contributed by atoms with Crippen molar-refractivity contribution in [2.45, 2.75) is 38.8 Å². The van der Waals surface area contributed by atoms with Crippen molar-refractivity contribution >= 4 is 30.5 Å². The van der Waals surface area contributed by atoms with Crippen LogP contribution in [-0.4, -0.2) is 77.5 Å². The second kappa shape index (κ2) is 11.9. The van der Waals surface area contributed by atoms with Gasteiger partial charge in [0, 0.05) is 44.3 Å². The number of hydrogen-bond acceptors (Lipinski definition) is 7. The summed E-state index contributed by atoms with van der Waals surface area (Å²) in [6, 6.07) is 21.3. The number of ether oxygens (including phenoxy) is 2. The molecule has 0 spiro atoms. The standard InChI is InChI=1S/C31H36BN3O6/c1-31(2,3)41-30(37)35-14-12-34(13-15-35)19-21-16-22(32(38)39)18-23(17-21)33-29(36)40-20-28-26-10-6-4-8-24(26)25-9-5-7-11-27(25)28/h4-11,16-18,28,38-39H,12-15,19-20H2,1-3H3,(H,33,36). The normalized spacial score (nSPS) is 15.2. The third-order valence-corrected chi connectivity index (χ3v) is 7.33. The molecule has 0 radical (unpaired) electrons. The fraction of sp³-hybridized carbons (Fsp3) is 0.355. The van der Waals surface area contributed by atoms with Gasteiger partial charge in [-0.3, -0.25) is 10.2 Å². The van der Waals surface area contributed by atoms with E-state index in [1.807, 2.05) is 45.0 Å². The molecule has 0 saturated carbocycles. The number of rotatable bonds is 6. The molecule has 1 heterocycles. The van der Waals surface area contributed by atoms with Crippen LogP contribution in [0, 0.1) is 0 Å². The second-order valence-corrected chi connectivity index (χ2v) is 11.5. The van der Waals surface area contributed by atoms with Crippen LogP contribution in [0.5, 0.6) is 0 Å². The Kier molecular flexibility index (Phi) is 8.35. The van der Waals surface area contributed by atoms with E-state index in [2.05, 4.69) is 34.5 Å². The minimum absolute atomic E-state index is 0.0614. The SMILES string of the molecule is CC(C)(C)OC(=O)N1CCN(Cc2cc(NC(=O)OCC3c4ccccc4-c4ccccc43)cc(B(O)O)c2)CC1. The lowest BCUT2D eigenvalue weighted by Crippen LogP contribution is -2.49. The molecule has 0 aromatic heterocycles. The molecule has 1 saturated heterocycles. The molecule has 9 nitrogen and oxygen atoms in total. The Hall–Kier alpha value is -3.86. The number of nitrogens with one attached hydrogen (secondary N) is 1. The van der Waals surface area contributed by atoms with Gasteiger partial charge in [0.2, 0.25) is 0 Å². The average molecular weight is 557 g/mol. The van der Waals surface area contributed by atoms with Gasteiger partial charge < -0.3 is 24.4 Å². The number of carbonyl (C=O) groups excluding carboxylic acids is 2. The number of amides is 2. The highest BCUT2D eigenvalue weighted by Gasteiger charge is 2.29. The molecule has 3 aromatic carbocycles. The first-order valence-corrected chi connectivity index (χ1v) is 13.9. The third kappa shape index (κ3) is 6.90. The van der Waals surface area contributed by atoms with E-state index in [9.17, 15) is 19.6 Å². The van der Waals surface area contributed by atoms with E-state index in [1.54, 1.807) is 17.0 Å². The van der Waals surface area contributed by atoms with E-state index in [4.69, 9.17) is 9.47 Å². The number of carbonyl (C=O) groups is 2. The van der Waals surface area contributed by atoms with Crippen molar-refractivity contribution in [2.75, 3.05) is 38.1 Å². The maximum atomic E-state index is 12.9. The summed E-state index contributed by atoms with van der Waals surface area (Å²) in [5.74, 6) is -0.0614. The average Bonchev–Trinajstić information content (AvgIpc) is 3.25. The first-order valence-electron chi connectivity index (χ1n) is 13.9. The van der Waals surface area contributed by atoms with Gasteiger partial charge in [0.1, 0.15) is 12.2 Å². The maximum Gasteiger partial charge on any atom is 0.488 e. The van der Waals surface area contributed by atoms with Crippen molar-refractivity contribution in [1.82, 2.24) is 9.80 Å². The van der Waals surface area contributed by atoms with Crippen molar-refractivity contribution in [3.8, 4) is 11.1 Å². The van der Waals surface area contributed by atoms with Gasteiger partial charge in [-0.15, -0.1) is 0 Å². The van der Waals surface area contributed by atoms with Gasteiger partial charge in [-0.2, -0.15) is 0 Å². The first kappa shape index (κ1) is 28.7. The van der Waals surface area contributed by atoms with E-state index in [0.717, 1.165) is 27.8 Å². The highest BCUT2D eigenvalue weighted by Crippen LogP contribution is 2.44. The molecule has 1 aliphatic carbocycles. The number of piperazine rings is 1. The summed E-state index contributed by atoms with van der Waals surface area (Å²) in [5, 5.41) is 22.5. The largest absolute Gasteiger partial charge is 0.488 e. The summed E-state index contributed by atoms with van der Waals surface area (Å²) in [6.45, 7) is 8.57. The van der Waals surface area contributed by atoms with Crippen molar-refractivity contribution < 1.29 is 29.1 Å². The van der Waals surface area contributed by atoms with Gasteiger partial charge in [0.25, 0.3) is 0 Å². The zero-order chi connectivity index (χ0) is 29.1. The molecular formula is C31H36BN3O6. The van der Waals surface area contributed by atoms with Gasteiger partial charge in [0.15, 0.2) is 0 Å². The zero-order valence-corrected chi connectivity index (χ0v) is 23.7. The van der Waals surface area contributed by atoms with Crippen molar-refractivity contribution in [2.24, 2.45) is 0 Å². The summed E-state index contributed by atoms with van der Waals surface area (Å²) in [5.41, 5.74) is 5.49. The molecule has 3 aromatic rings. The minimum Gasteiger partial charge on any atom is -0.448 e. The molecule has 5 rings (SSSR count). The molecule has 0 unspecified atom stereocenters. The lowest BCUT2D eigenvalue weighted by atomic mass is 9.79. The van der Waals surface area contributed by atoms with Crippen LogP contribution in [0.4, 0.5) is 15.3 Å². The van der Waals surface area contributed by atoms with E-state index in [0.29, 0.717) is 38.4 Å². The second-order valence-electron chi connectivity index (χ2n) is 11.5. The Morgan fingerprint density at radius 2 is 1.54 bits per heavy atom. The van der Waals surface area contributed by atoms with Crippen LogP contribution in [0.2, 0.25) is 0 Å². The van der Waals surface area contributed by atoms with Crippen LogP contribution < -0.4 is 10.8 Å². The summed E-state index contributed by atoms with van der Waals surface area (Å²) >= 11 is 0. The van der Waals surface area contributed by atoms with Gasteiger partial charge in [-0.05, 0) is 66.2 Å². The van der Waals surface area contributed by atoms with E-state index < -0.39 is 18.8 Å². The fourth-order valence-electron chi connectivity index (χ4n) is 5.46. The number of fused-ring (bicyclic) bond motifs is 3. The molecule has 3 N–H and O–H groups in total. The molecule has 2 amide bonds. The smallest absolute Gasteiger partial charge is 0.448 e. The number of hydrogen-bond donors (Lipinski definition) is 3. The molecule has 1 fully saturated rings. The van der Waals surface area contributed by atoms with Crippen molar-refractivity contribution in [1.29, 1.82) is 0 Å². The molecule has 41 heavy (non-hydrogen) atoms. The van der Waals surface area contributed by atoms with Crippen LogP contribution in [-0.2, 0) is 16.0 Å². The highest BCUT2D eigenvalue weighted by atomic mass is 16.6. The molecular weight excluding hydrogens is 521 g/mol. The van der Waals surface area contributed by atoms with E-state index in [1.165, 1.54) is 6.07 Å². The number of nitrogens with zero attached hydrogens (tertiary/aromatic N) is 2. The number of anilines is 1. The Bertz CT molecular complexity index is 1370. The van der Waals surface area contributed by atoms with Crippen LogP contribution in [0.1, 0.15) is 43.4 Å². The quantitative estimate of drug-likeness (QED) is 0.396. The lowest BCUT2D eigenvalue weighted by Gasteiger charge is -2.35. The Morgan fingerprint density at radius 3 is 2.12 bits per heavy atom. The summed E-state index contributed by atoms with van der Waals surface area (Å²) < 4.78 is 11.1. The summed E-state index contributed by atoms with van der Waals surface area (Å²) in [4.78, 5) is 29.1. The minimum atomic E-state index is -1.69. The van der Waals surface area contributed by atoms with Gasteiger partial charge in [-0.1, -0.05) is 54.6 Å². The predicted molar refractivity (Wildman–Crippen MR) is 158 cm³/mol. The Morgan fingerprint density at radius 1 is 0.927 bits per heavy atom. The Balaban J connectivity index is 1.21. The molecule has 2 aliphatic rings. The molecule has 10 heteroatoms. The van der Waals surface area contributed by atoms with Crippen molar-refractivity contribution in [3.05, 3.63) is 83.4 Å². The monoisotopic (exact) mass is 557 g/mol. The molecule has 1 aliphatic heterocycles. The van der Waals surface area contributed by atoms with E-state index in [-0.39, 0.29) is 24.1 Å². The molecule has 214 valence electrons. The van der Waals surface area contributed by atoms with Crippen LogP contribution in [0.3, 0.4) is 0 Å². The maximum absolute atomic E-state index is 12.9. The predicted octanol–water partition coefficient (Wildman–Crippen LogP) is 3.78. The zero-order valence-electron chi connectivity index (χ0n) is 23.7. The topological polar surface area (TPSA) is 112 Å². The Labute approximate surface area is 240 Å². The highest BCUT2D eigenvalue weighted by molar-refractivity contribution is 6.58. The van der Waals surface area contributed by atoms with Crippen molar-refractivity contribution in [3.63, 3.8) is 0 Å². The third-order valence-electron chi connectivity index (χ3n) is 7.33. The lowest BCUT2D eigenvalue weighted by molar-refractivity contribution is 0.0139. The van der Waals surface area contributed by atoms with Crippen LogP contribution in [0.15, 0.2) is 66.7 Å². The van der Waals surface area contributed by atoms with Crippen LogP contribution in [0.25, 0.3) is 11.1 Å². The first-order chi connectivity index (χ1) is 19.6.